The molecule has 1 aromatic rings. The van der Waals surface area contributed by atoms with E-state index >= 15 is 0 Å². The van der Waals surface area contributed by atoms with E-state index in [1.807, 2.05) is 6.92 Å². The molecule has 0 amide bonds. The summed E-state index contributed by atoms with van der Waals surface area (Å²) in [5, 5.41) is -3.33. The Kier molecular flexibility index (Phi) is 3.69. The lowest BCUT2D eigenvalue weighted by atomic mass is 10.2. The van der Waals surface area contributed by atoms with Crippen LogP contribution in [0, 0.1) is 0 Å². The van der Waals surface area contributed by atoms with Crippen molar-refractivity contribution in [3.8, 4) is 5.75 Å². The number of rotatable bonds is 4. The van der Waals surface area contributed by atoms with E-state index in [0.717, 1.165) is 6.42 Å². The third kappa shape index (κ3) is 3.14. The highest BCUT2D eigenvalue weighted by molar-refractivity contribution is 6.21. The molecule has 0 radical (unpaired) electrons. The van der Waals surface area contributed by atoms with Crippen LogP contribution in [0.2, 0.25) is 0 Å². The van der Waals surface area contributed by atoms with Gasteiger partial charge in [0.1, 0.15) is 5.75 Å². The standard InChI is InChI=1S/C10H11ClF2O/c1-2-6-14-9-5-3-4-8(7-9)10(11,12)13/h3-5,7H,2,6H2,1H3. The Labute approximate surface area is 86.6 Å². The Bertz CT molecular complexity index is 296. The van der Waals surface area contributed by atoms with Gasteiger partial charge in [-0.3, -0.25) is 0 Å². The molecule has 1 nitrogen and oxygen atoms in total. The van der Waals surface area contributed by atoms with Crippen LogP contribution in [0.1, 0.15) is 18.9 Å². The largest absolute Gasteiger partial charge is 0.494 e. The zero-order valence-corrected chi connectivity index (χ0v) is 8.52. The number of ether oxygens (including phenoxy) is 1. The van der Waals surface area contributed by atoms with Crippen LogP contribution in [0.15, 0.2) is 24.3 Å². The lowest BCUT2D eigenvalue weighted by Gasteiger charge is -2.10. The fourth-order valence-corrected chi connectivity index (χ4v) is 1.10. The molecule has 0 fully saturated rings. The summed E-state index contributed by atoms with van der Waals surface area (Å²) in [7, 11) is 0. The van der Waals surface area contributed by atoms with Gasteiger partial charge in [-0.15, -0.1) is 0 Å². The molecule has 0 heterocycles. The minimum atomic E-state index is -3.33. The van der Waals surface area contributed by atoms with Crippen molar-refractivity contribution in [3.05, 3.63) is 29.8 Å². The smallest absolute Gasteiger partial charge is 0.348 e. The van der Waals surface area contributed by atoms with Crippen LogP contribution in [0.25, 0.3) is 0 Å². The van der Waals surface area contributed by atoms with Crippen LogP contribution in [0.3, 0.4) is 0 Å². The maximum absolute atomic E-state index is 12.7. The number of hydrogen-bond acceptors (Lipinski definition) is 1. The molecule has 1 aromatic carbocycles. The van der Waals surface area contributed by atoms with Gasteiger partial charge >= 0.3 is 5.38 Å². The van der Waals surface area contributed by atoms with E-state index in [1.54, 1.807) is 6.07 Å². The van der Waals surface area contributed by atoms with Gasteiger partial charge in [0.25, 0.3) is 0 Å². The van der Waals surface area contributed by atoms with Crippen molar-refractivity contribution in [1.29, 1.82) is 0 Å². The van der Waals surface area contributed by atoms with E-state index in [2.05, 4.69) is 0 Å². The summed E-state index contributed by atoms with van der Waals surface area (Å²) in [5.41, 5.74) is -0.243. The number of benzene rings is 1. The van der Waals surface area contributed by atoms with Crippen molar-refractivity contribution in [2.24, 2.45) is 0 Å². The van der Waals surface area contributed by atoms with Gasteiger partial charge in [-0.2, -0.15) is 8.78 Å². The predicted molar refractivity (Wildman–Crippen MR) is 52.0 cm³/mol. The van der Waals surface area contributed by atoms with Crippen molar-refractivity contribution in [2.45, 2.75) is 18.7 Å². The number of halogens is 3. The monoisotopic (exact) mass is 220 g/mol. The number of hydrogen-bond donors (Lipinski definition) is 0. The van der Waals surface area contributed by atoms with Gasteiger partial charge in [0.15, 0.2) is 0 Å². The van der Waals surface area contributed by atoms with E-state index in [1.165, 1.54) is 18.2 Å². The van der Waals surface area contributed by atoms with Gasteiger partial charge in [0, 0.05) is 5.56 Å². The Morgan fingerprint density at radius 2 is 2.14 bits per heavy atom. The summed E-state index contributed by atoms with van der Waals surface area (Å²) in [6, 6.07) is 5.65. The molecule has 0 aliphatic heterocycles. The molecular formula is C10H11ClF2O. The lowest BCUT2D eigenvalue weighted by Crippen LogP contribution is -2.04. The van der Waals surface area contributed by atoms with Gasteiger partial charge in [-0.1, -0.05) is 19.1 Å². The molecule has 0 aliphatic carbocycles. The Balaban J connectivity index is 2.79. The SMILES string of the molecule is CCCOc1cccc(C(F)(F)Cl)c1. The highest BCUT2D eigenvalue weighted by Crippen LogP contribution is 2.33. The van der Waals surface area contributed by atoms with E-state index in [4.69, 9.17) is 16.3 Å². The van der Waals surface area contributed by atoms with E-state index in [-0.39, 0.29) is 5.56 Å². The number of alkyl halides is 3. The summed E-state index contributed by atoms with van der Waals surface area (Å²) >= 11 is 4.88. The summed E-state index contributed by atoms with van der Waals surface area (Å²) in [6.45, 7) is 2.46. The molecule has 0 bridgehead atoms. The average molecular weight is 221 g/mol. The molecule has 0 N–H and O–H groups in total. The zero-order chi connectivity index (χ0) is 10.6. The maximum atomic E-state index is 12.7. The zero-order valence-electron chi connectivity index (χ0n) is 7.77. The summed E-state index contributed by atoms with van der Waals surface area (Å²) in [6.07, 6.45) is 0.835. The first-order valence-electron chi connectivity index (χ1n) is 4.34. The quantitative estimate of drug-likeness (QED) is 0.702. The second kappa shape index (κ2) is 4.60. The molecule has 78 valence electrons. The Morgan fingerprint density at radius 1 is 1.43 bits per heavy atom. The van der Waals surface area contributed by atoms with Crippen LogP contribution in [-0.2, 0) is 5.38 Å². The molecule has 0 atom stereocenters. The van der Waals surface area contributed by atoms with Crippen molar-refractivity contribution in [1.82, 2.24) is 0 Å². The molecule has 0 saturated heterocycles. The molecule has 1 rings (SSSR count). The Morgan fingerprint density at radius 3 is 2.71 bits per heavy atom. The molecule has 0 aromatic heterocycles. The van der Waals surface area contributed by atoms with E-state index in [0.29, 0.717) is 12.4 Å². The average Bonchev–Trinajstić information content (AvgIpc) is 2.14. The van der Waals surface area contributed by atoms with E-state index < -0.39 is 5.38 Å². The van der Waals surface area contributed by atoms with Crippen LogP contribution < -0.4 is 4.74 Å². The van der Waals surface area contributed by atoms with Gasteiger partial charge < -0.3 is 4.74 Å². The highest BCUT2D eigenvalue weighted by atomic mass is 35.5. The summed E-state index contributed by atoms with van der Waals surface area (Å²) < 4.78 is 30.5. The fourth-order valence-electron chi connectivity index (χ4n) is 0.982. The lowest BCUT2D eigenvalue weighted by molar-refractivity contribution is 0.0947. The predicted octanol–water partition coefficient (Wildman–Crippen LogP) is 3.76. The molecule has 0 saturated carbocycles. The second-order valence-electron chi connectivity index (χ2n) is 2.87. The first-order chi connectivity index (χ1) is 6.54. The van der Waals surface area contributed by atoms with Crippen molar-refractivity contribution in [3.63, 3.8) is 0 Å². The van der Waals surface area contributed by atoms with Crippen LogP contribution in [0.5, 0.6) is 5.75 Å². The Hall–Kier alpha value is -0.830. The van der Waals surface area contributed by atoms with Crippen LogP contribution >= 0.6 is 11.6 Å². The molecule has 0 aliphatic rings. The summed E-state index contributed by atoms with van der Waals surface area (Å²) in [4.78, 5) is 0. The van der Waals surface area contributed by atoms with E-state index in [9.17, 15) is 8.78 Å². The van der Waals surface area contributed by atoms with Crippen molar-refractivity contribution in [2.75, 3.05) is 6.61 Å². The fraction of sp³-hybridized carbons (Fsp3) is 0.400. The topological polar surface area (TPSA) is 9.23 Å². The molecule has 4 heteroatoms. The van der Waals surface area contributed by atoms with Gasteiger partial charge in [-0.05, 0) is 30.2 Å². The van der Waals surface area contributed by atoms with Crippen molar-refractivity contribution >= 4 is 11.6 Å². The molecule has 14 heavy (non-hydrogen) atoms. The van der Waals surface area contributed by atoms with Crippen LogP contribution in [0.4, 0.5) is 8.78 Å². The summed E-state index contributed by atoms with van der Waals surface area (Å²) in [5.74, 6) is 0.421. The normalized spacial score (nSPS) is 11.4. The van der Waals surface area contributed by atoms with Crippen LogP contribution in [-0.4, -0.2) is 6.61 Å². The highest BCUT2D eigenvalue weighted by Gasteiger charge is 2.27. The minimum absolute atomic E-state index is 0.243. The van der Waals surface area contributed by atoms with Gasteiger partial charge in [0.05, 0.1) is 6.61 Å². The second-order valence-corrected chi connectivity index (χ2v) is 3.35. The van der Waals surface area contributed by atoms with Gasteiger partial charge in [-0.25, -0.2) is 0 Å². The molecule has 0 unspecified atom stereocenters. The third-order valence-electron chi connectivity index (χ3n) is 1.63. The van der Waals surface area contributed by atoms with Crippen molar-refractivity contribution < 1.29 is 13.5 Å². The van der Waals surface area contributed by atoms with Gasteiger partial charge in [0.2, 0.25) is 0 Å². The maximum Gasteiger partial charge on any atom is 0.348 e. The third-order valence-corrected chi connectivity index (χ3v) is 1.85. The molecule has 0 spiro atoms. The first kappa shape index (κ1) is 11.2. The first-order valence-corrected chi connectivity index (χ1v) is 4.72. The molecular weight excluding hydrogens is 210 g/mol. The minimum Gasteiger partial charge on any atom is -0.494 e.